The number of hydrogen-bond acceptors (Lipinski definition) is 2. The number of allylic oxidation sites excluding steroid dienone is 1. The molecular formula is C11H18O2. The number of methoxy groups -OCH3 is 1. The van der Waals surface area contributed by atoms with E-state index in [0.717, 1.165) is 0 Å². The lowest BCUT2D eigenvalue weighted by atomic mass is 9.80. The van der Waals surface area contributed by atoms with Crippen molar-refractivity contribution >= 4 is 0 Å². The molecule has 1 N–H and O–H groups in total. The third kappa shape index (κ3) is 2.87. The number of aliphatic hydroxyl groups excluding tert-OH is 1. The standard InChI is InChI=1S/C11H18O2/c1-6-8-9(12)11(3,4)10(7-2)13-5/h2,6,8-10,12H,1,3-5H3/b8-6+. The van der Waals surface area contributed by atoms with Crippen LogP contribution in [-0.2, 0) is 4.74 Å². The Labute approximate surface area is 80.6 Å². The van der Waals surface area contributed by atoms with Gasteiger partial charge in [0.2, 0.25) is 0 Å². The van der Waals surface area contributed by atoms with E-state index in [4.69, 9.17) is 11.2 Å². The van der Waals surface area contributed by atoms with Crippen LogP contribution in [0.3, 0.4) is 0 Å². The van der Waals surface area contributed by atoms with Gasteiger partial charge in [0.25, 0.3) is 0 Å². The van der Waals surface area contributed by atoms with Crippen molar-refractivity contribution in [1.29, 1.82) is 0 Å². The van der Waals surface area contributed by atoms with Crippen molar-refractivity contribution in [3.05, 3.63) is 12.2 Å². The van der Waals surface area contributed by atoms with Crippen molar-refractivity contribution in [2.24, 2.45) is 5.41 Å². The lowest BCUT2D eigenvalue weighted by Crippen LogP contribution is -2.39. The second kappa shape index (κ2) is 5.06. The fourth-order valence-electron chi connectivity index (χ4n) is 1.17. The highest BCUT2D eigenvalue weighted by atomic mass is 16.5. The number of aliphatic hydroxyl groups is 1. The van der Waals surface area contributed by atoms with Crippen LogP contribution in [0.25, 0.3) is 0 Å². The van der Waals surface area contributed by atoms with Crippen molar-refractivity contribution in [1.82, 2.24) is 0 Å². The van der Waals surface area contributed by atoms with Crippen molar-refractivity contribution in [2.45, 2.75) is 33.0 Å². The highest BCUT2D eigenvalue weighted by Crippen LogP contribution is 2.27. The maximum atomic E-state index is 9.75. The SMILES string of the molecule is C#CC(OC)C(C)(C)C(O)/C=C/C. The van der Waals surface area contributed by atoms with Crippen LogP contribution in [0.5, 0.6) is 0 Å². The molecule has 2 heteroatoms. The molecule has 0 aromatic carbocycles. The monoisotopic (exact) mass is 182 g/mol. The lowest BCUT2D eigenvalue weighted by Gasteiger charge is -2.32. The van der Waals surface area contributed by atoms with Crippen LogP contribution in [0, 0.1) is 17.8 Å². The first-order valence-corrected chi connectivity index (χ1v) is 4.30. The van der Waals surface area contributed by atoms with Crippen LogP contribution in [0.1, 0.15) is 20.8 Å². The molecule has 0 spiro atoms. The topological polar surface area (TPSA) is 29.5 Å². The molecule has 0 radical (unpaired) electrons. The predicted molar refractivity (Wildman–Crippen MR) is 54.2 cm³/mol. The molecule has 13 heavy (non-hydrogen) atoms. The molecule has 0 aliphatic heterocycles. The smallest absolute Gasteiger partial charge is 0.125 e. The van der Waals surface area contributed by atoms with E-state index in [1.165, 1.54) is 0 Å². The number of rotatable bonds is 4. The predicted octanol–water partition coefficient (Wildman–Crippen LogP) is 1.60. The summed E-state index contributed by atoms with van der Waals surface area (Å²) in [6, 6.07) is 0. The van der Waals surface area contributed by atoms with Gasteiger partial charge in [0, 0.05) is 12.5 Å². The molecule has 0 rings (SSSR count). The first-order chi connectivity index (χ1) is 6.00. The van der Waals surface area contributed by atoms with Gasteiger partial charge in [-0.2, -0.15) is 0 Å². The quantitative estimate of drug-likeness (QED) is 0.528. The average Bonchev–Trinajstić information content (AvgIpc) is 2.06. The Morgan fingerprint density at radius 1 is 1.54 bits per heavy atom. The van der Waals surface area contributed by atoms with E-state index in [-0.39, 0.29) is 6.10 Å². The molecule has 0 amide bonds. The van der Waals surface area contributed by atoms with Gasteiger partial charge in [-0.25, -0.2) is 0 Å². The summed E-state index contributed by atoms with van der Waals surface area (Å²) in [5.41, 5.74) is -0.462. The Kier molecular flexibility index (Phi) is 4.76. The lowest BCUT2D eigenvalue weighted by molar-refractivity contribution is -0.0190. The minimum atomic E-state index is -0.585. The van der Waals surface area contributed by atoms with Crippen LogP contribution in [0.15, 0.2) is 12.2 Å². The summed E-state index contributed by atoms with van der Waals surface area (Å²) >= 11 is 0. The third-order valence-electron chi connectivity index (χ3n) is 2.20. The van der Waals surface area contributed by atoms with Gasteiger partial charge in [-0.1, -0.05) is 31.9 Å². The molecule has 0 saturated carbocycles. The average molecular weight is 182 g/mol. The second-order valence-electron chi connectivity index (χ2n) is 3.57. The zero-order valence-electron chi connectivity index (χ0n) is 8.74. The van der Waals surface area contributed by atoms with Gasteiger partial charge in [-0.15, -0.1) is 6.42 Å². The van der Waals surface area contributed by atoms with Crippen molar-refractivity contribution in [3.63, 3.8) is 0 Å². The van der Waals surface area contributed by atoms with Gasteiger partial charge in [-0.3, -0.25) is 0 Å². The fraction of sp³-hybridized carbons (Fsp3) is 0.636. The van der Waals surface area contributed by atoms with E-state index < -0.39 is 11.5 Å². The van der Waals surface area contributed by atoms with Crippen molar-refractivity contribution in [3.8, 4) is 12.3 Å². The zero-order chi connectivity index (χ0) is 10.5. The van der Waals surface area contributed by atoms with Gasteiger partial charge in [-0.05, 0) is 6.92 Å². The minimum absolute atomic E-state index is 0.376. The van der Waals surface area contributed by atoms with Gasteiger partial charge < -0.3 is 9.84 Å². The Morgan fingerprint density at radius 3 is 2.38 bits per heavy atom. The highest BCUT2D eigenvalue weighted by molar-refractivity contribution is 5.08. The second-order valence-corrected chi connectivity index (χ2v) is 3.57. The molecule has 0 fully saturated rings. The Bertz CT molecular complexity index is 211. The normalized spacial score (nSPS) is 16.9. The van der Waals surface area contributed by atoms with Gasteiger partial charge in [0.1, 0.15) is 6.10 Å². The van der Waals surface area contributed by atoms with E-state index in [0.29, 0.717) is 0 Å². The van der Waals surface area contributed by atoms with Gasteiger partial charge in [0.15, 0.2) is 0 Å². The molecule has 0 aliphatic carbocycles. The molecule has 2 unspecified atom stereocenters. The number of terminal acetylenes is 1. The summed E-state index contributed by atoms with van der Waals surface area (Å²) in [7, 11) is 1.55. The summed E-state index contributed by atoms with van der Waals surface area (Å²) in [5.74, 6) is 2.52. The summed E-state index contributed by atoms with van der Waals surface area (Å²) in [6.07, 6.45) is 7.85. The number of hydrogen-bond donors (Lipinski definition) is 1. The van der Waals surface area contributed by atoms with E-state index in [1.807, 2.05) is 20.8 Å². The summed E-state index contributed by atoms with van der Waals surface area (Å²) in [4.78, 5) is 0. The van der Waals surface area contributed by atoms with Crippen LogP contribution in [0.4, 0.5) is 0 Å². The first kappa shape index (κ1) is 12.2. The molecule has 74 valence electrons. The largest absolute Gasteiger partial charge is 0.388 e. The van der Waals surface area contributed by atoms with Gasteiger partial charge >= 0.3 is 0 Å². The first-order valence-electron chi connectivity index (χ1n) is 4.30. The molecule has 0 saturated heterocycles. The Hall–Kier alpha value is -0.780. The molecule has 0 heterocycles. The van der Waals surface area contributed by atoms with E-state index in [2.05, 4.69) is 5.92 Å². The van der Waals surface area contributed by atoms with Crippen LogP contribution < -0.4 is 0 Å². The van der Waals surface area contributed by atoms with Crippen LogP contribution >= 0.6 is 0 Å². The Balaban J connectivity index is 4.63. The molecular weight excluding hydrogens is 164 g/mol. The molecule has 0 aromatic rings. The molecule has 0 aliphatic rings. The van der Waals surface area contributed by atoms with E-state index in [1.54, 1.807) is 19.3 Å². The minimum Gasteiger partial charge on any atom is -0.388 e. The zero-order valence-corrected chi connectivity index (χ0v) is 8.74. The molecule has 2 atom stereocenters. The molecule has 0 aromatic heterocycles. The molecule has 2 nitrogen and oxygen atoms in total. The summed E-state index contributed by atoms with van der Waals surface area (Å²) < 4.78 is 5.10. The highest BCUT2D eigenvalue weighted by Gasteiger charge is 2.34. The van der Waals surface area contributed by atoms with Gasteiger partial charge in [0.05, 0.1) is 6.10 Å². The third-order valence-corrected chi connectivity index (χ3v) is 2.20. The van der Waals surface area contributed by atoms with E-state index >= 15 is 0 Å². The summed E-state index contributed by atoms with van der Waals surface area (Å²) in [5, 5.41) is 9.75. The summed E-state index contributed by atoms with van der Waals surface area (Å²) in [6.45, 7) is 5.62. The van der Waals surface area contributed by atoms with E-state index in [9.17, 15) is 5.11 Å². The van der Waals surface area contributed by atoms with Crippen molar-refractivity contribution < 1.29 is 9.84 Å². The fourth-order valence-corrected chi connectivity index (χ4v) is 1.17. The maximum absolute atomic E-state index is 9.75. The van der Waals surface area contributed by atoms with Crippen LogP contribution in [-0.4, -0.2) is 24.4 Å². The number of ether oxygens (including phenoxy) is 1. The van der Waals surface area contributed by atoms with Crippen LogP contribution in [0.2, 0.25) is 0 Å². The van der Waals surface area contributed by atoms with Crippen molar-refractivity contribution in [2.75, 3.05) is 7.11 Å². The Morgan fingerprint density at radius 2 is 2.08 bits per heavy atom. The molecule has 0 bridgehead atoms. The maximum Gasteiger partial charge on any atom is 0.125 e.